The van der Waals surface area contributed by atoms with Gasteiger partial charge >= 0.3 is 5.97 Å². The molecule has 0 spiro atoms. The Morgan fingerprint density at radius 2 is 1.95 bits per heavy atom. The molecule has 0 aliphatic heterocycles. The Morgan fingerprint density at radius 3 is 2.50 bits per heavy atom. The van der Waals surface area contributed by atoms with E-state index in [0.717, 1.165) is 11.1 Å². The SMILES string of the molecule is CC(=O)OC1CC2C(=C(C(C)=O)C(=O)CC2C)C=C1C. The van der Waals surface area contributed by atoms with Gasteiger partial charge in [-0.15, -0.1) is 0 Å². The summed E-state index contributed by atoms with van der Waals surface area (Å²) in [6, 6.07) is 0. The summed E-state index contributed by atoms with van der Waals surface area (Å²) in [6.07, 6.45) is 2.67. The van der Waals surface area contributed by atoms with Gasteiger partial charge < -0.3 is 4.74 Å². The fourth-order valence-corrected chi connectivity index (χ4v) is 3.22. The first-order valence-electron chi connectivity index (χ1n) is 6.95. The van der Waals surface area contributed by atoms with Crippen LogP contribution in [0.2, 0.25) is 0 Å². The van der Waals surface area contributed by atoms with Gasteiger partial charge in [-0.2, -0.15) is 0 Å². The Kier molecular flexibility index (Phi) is 3.93. The second-order valence-electron chi connectivity index (χ2n) is 5.82. The molecule has 2 aliphatic carbocycles. The van der Waals surface area contributed by atoms with Gasteiger partial charge in [-0.25, -0.2) is 0 Å². The average Bonchev–Trinajstić information content (AvgIpc) is 2.30. The molecule has 4 heteroatoms. The van der Waals surface area contributed by atoms with Crippen molar-refractivity contribution in [2.24, 2.45) is 11.8 Å². The Bertz CT molecular complexity index is 539. The van der Waals surface area contributed by atoms with Crippen LogP contribution in [0.5, 0.6) is 0 Å². The van der Waals surface area contributed by atoms with Crippen LogP contribution in [0.15, 0.2) is 22.8 Å². The van der Waals surface area contributed by atoms with Crippen molar-refractivity contribution in [3.63, 3.8) is 0 Å². The highest BCUT2D eigenvalue weighted by molar-refractivity contribution is 6.21. The molecule has 0 aromatic carbocycles. The molecule has 2 aliphatic rings. The Hall–Kier alpha value is -1.71. The van der Waals surface area contributed by atoms with Gasteiger partial charge in [0.25, 0.3) is 0 Å². The Morgan fingerprint density at radius 1 is 1.30 bits per heavy atom. The third-order valence-electron chi connectivity index (χ3n) is 4.18. The van der Waals surface area contributed by atoms with E-state index in [1.807, 2.05) is 19.9 Å². The lowest BCUT2D eigenvalue weighted by Crippen LogP contribution is -2.35. The summed E-state index contributed by atoms with van der Waals surface area (Å²) in [5.74, 6) is -0.257. The molecule has 0 aromatic rings. The highest BCUT2D eigenvalue weighted by Crippen LogP contribution is 2.42. The lowest BCUT2D eigenvalue weighted by atomic mass is 9.68. The van der Waals surface area contributed by atoms with Crippen LogP contribution in [0.25, 0.3) is 0 Å². The van der Waals surface area contributed by atoms with Crippen LogP contribution in [0, 0.1) is 11.8 Å². The van der Waals surface area contributed by atoms with E-state index in [4.69, 9.17) is 4.74 Å². The molecule has 0 bridgehead atoms. The largest absolute Gasteiger partial charge is 0.458 e. The number of carbonyl (C=O) groups is 3. The van der Waals surface area contributed by atoms with Crippen molar-refractivity contribution >= 4 is 17.5 Å². The molecule has 108 valence electrons. The maximum Gasteiger partial charge on any atom is 0.303 e. The summed E-state index contributed by atoms with van der Waals surface area (Å²) in [5.41, 5.74) is 2.07. The summed E-state index contributed by atoms with van der Waals surface area (Å²) in [5, 5.41) is 0. The van der Waals surface area contributed by atoms with Crippen molar-refractivity contribution in [3.05, 3.63) is 22.8 Å². The molecule has 3 atom stereocenters. The van der Waals surface area contributed by atoms with Gasteiger partial charge in [-0.1, -0.05) is 13.0 Å². The summed E-state index contributed by atoms with van der Waals surface area (Å²) >= 11 is 0. The number of ether oxygens (including phenoxy) is 1. The molecule has 3 unspecified atom stereocenters. The van der Waals surface area contributed by atoms with Gasteiger partial charge in [0.05, 0.1) is 5.57 Å². The minimum atomic E-state index is -0.304. The highest BCUT2D eigenvalue weighted by atomic mass is 16.5. The van der Waals surface area contributed by atoms with E-state index < -0.39 is 0 Å². The van der Waals surface area contributed by atoms with Gasteiger partial charge in [0.15, 0.2) is 11.6 Å². The van der Waals surface area contributed by atoms with E-state index >= 15 is 0 Å². The zero-order valence-electron chi connectivity index (χ0n) is 12.4. The third-order valence-corrected chi connectivity index (χ3v) is 4.18. The molecular weight excluding hydrogens is 256 g/mol. The van der Waals surface area contributed by atoms with E-state index in [1.165, 1.54) is 13.8 Å². The van der Waals surface area contributed by atoms with Crippen molar-refractivity contribution in [1.82, 2.24) is 0 Å². The van der Waals surface area contributed by atoms with Crippen molar-refractivity contribution < 1.29 is 19.1 Å². The first-order chi connectivity index (χ1) is 9.31. The number of esters is 1. The van der Waals surface area contributed by atoms with Crippen LogP contribution in [-0.2, 0) is 19.1 Å². The van der Waals surface area contributed by atoms with Crippen molar-refractivity contribution in [3.8, 4) is 0 Å². The number of hydrogen-bond donors (Lipinski definition) is 0. The lowest BCUT2D eigenvalue weighted by molar-refractivity contribution is -0.145. The van der Waals surface area contributed by atoms with Crippen LogP contribution in [0.4, 0.5) is 0 Å². The van der Waals surface area contributed by atoms with Gasteiger partial charge in [-0.05, 0) is 43.3 Å². The van der Waals surface area contributed by atoms with Crippen LogP contribution in [0.3, 0.4) is 0 Å². The molecule has 0 amide bonds. The smallest absolute Gasteiger partial charge is 0.303 e. The standard InChI is InChI=1S/C16H20O4/c1-8-6-14(19)16(10(3)17)13-5-9(2)15(7-12(8)13)20-11(4)18/h5,8,12,15H,6-7H2,1-4H3. The fourth-order valence-electron chi connectivity index (χ4n) is 3.22. The number of ketones is 2. The zero-order chi connectivity index (χ0) is 15.0. The topological polar surface area (TPSA) is 60.4 Å². The predicted octanol–water partition coefficient (Wildman–Crippen LogP) is 2.38. The number of rotatable bonds is 2. The predicted molar refractivity (Wildman–Crippen MR) is 73.9 cm³/mol. The summed E-state index contributed by atoms with van der Waals surface area (Å²) in [6.45, 7) is 6.72. The van der Waals surface area contributed by atoms with Gasteiger partial charge in [0.1, 0.15) is 6.10 Å². The molecule has 4 nitrogen and oxygen atoms in total. The monoisotopic (exact) mass is 276 g/mol. The molecule has 0 saturated heterocycles. The molecule has 0 heterocycles. The van der Waals surface area contributed by atoms with Crippen molar-refractivity contribution in [2.45, 2.75) is 46.6 Å². The van der Waals surface area contributed by atoms with Gasteiger partial charge in [0.2, 0.25) is 0 Å². The third kappa shape index (κ3) is 2.60. The van der Waals surface area contributed by atoms with E-state index in [2.05, 4.69) is 0 Å². The Balaban J connectivity index is 2.47. The molecule has 0 saturated carbocycles. The van der Waals surface area contributed by atoms with Crippen LogP contribution in [0.1, 0.15) is 40.5 Å². The summed E-state index contributed by atoms with van der Waals surface area (Å²) in [4.78, 5) is 35.0. The first kappa shape index (κ1) is 14.7. The summed E-state index contributed by atoms with van der Waals surface area (Å²) in [7, 11) is 0. The quantitative estimate of drug-likeness (QED) is 0.574. The Labute approximate surface area is 118 Å². The number of hydrogen-bond acceptors (Lipinski definition) is 4. The maximum atomic E-state index is 12.1. The van der Waals surface area contributed by atoms with Crippen molar-refractivity contribution in [2.75, 3.05) is 0 Å². The molecule has 0 fully saturated rings. The van der Waals surface area contributed by atoms with Crippen LogP contribution in [-0.4, -0.2) is 23.6 Å². The number of fused-ring (bicyclic) bond motifs is 1. The molecule has 2 rings (SSSR count). The van der Waals surface area contributed by atoms with E-state index in [1.54, 1.807) is 0 Å². The average molecular weight is 276 g/mol. The molecule has 0 radical (unpaired) electrons. The van der Waals surface area contributed by atoms with Crippen LogP contribution < -0.4 is 0 Å². The van der Waals surface area contributed by atoms with E-state index in [9.17, 15) is 14.4 Å². The number of Topliss-reactive ketones (excluding diaryl/α,β-unsaturated/α-hetero) is 2. The molecule has 0 N–H and O–H groups in total. The number of allylic oxidation sites excluding steroid dienone is 3. The fraction of sp³-hybridized carbons (Fsp3) is 0.562. The normalized spacial score (nSPS) is 29.7. The molecule has 20 heavy (non-hydrogen) atoms. The minimum Gasteiger partial charge on any atom is -0.458 e. The van der Waals surface area contributed by atoms with Crippen LogP contribution >= 0.6 is 0 Å². The lowest BCUT2D eigenvalue weighted by Gasteiger charge is -2.37. The highest BCUT2D eigenvalue weighted by Gasteiger charge is 2.39. The second kappa shape index (κ2) is 5.35. The van der Waals surface area contributed by atoms with Crippen molar-refractivity contribution in [1.29, 1.82) is 0 Å². The second-order valence-corrected chi connectivity index (χ2v) is 5.82. The minimum absolute atomic E-state index is 0.0637. The maximum absolute atomic E-state index is 12.1. The zero-order valence-corrected chi connectivity index (χ0v) is 12.4. The van der Waals surface area contributed by atoms with E-state index in [-0.39, 0.29) is 35.5 Å². The molecular formula is C16H20O4. The van der Waals surface area contributed by atoms with Gasteiger partial charge in [0, 0.05) is 13.3 Å². The number of carbonyl (C=O) groups excluding carboxylic acids is 3. The van der Waals surface area contributed by atoms with Gasteiger partial charge in [-0.3, -0.25) is 14.4 Å². The molecule has 0 aromatic heterocycles. The first-order valence-corrected chi connectivity index (χ1v) is 6.95. The summed E-state index contributed by atoms with van der Waals surface area (Å²) < 4.78 is 5.32. The van der Waals surface area contributed by atoms with E-state index in [0.29, 0.717) is 18.4 Å².